The lowest BCUT2D eigenvalue weighted by atomic mass is 9.81. The molecule has 0 bridgehead atoms. The van der Waals surface area contributed by atoms with Crippen LogP contribution in [0.2, 0.25) is 0 Å². The topological polar surface area (TPSA) is 73.8 Å². The number of likely N-dealkylation sites (tertiary alicyclic amines) is 1. The number of alkyl halides is 1. The summed E-state index contributed by atoms with van der Waals surface area (Å²) in [6.45, 7) is 10.0. The molecule has 3 heterocycles. The predicted octanol–water partition coefficient (Wildman–Crippen LogP) is 1.63. The number of nitrogens with zero attached hydrogens (tertiary/aromatic N) is 3. The van der Waals surface area contributed by atoms with Crippen LogP contribution in [0.25, 0.3) is 0 Å². The molecule has 0 radical (unpaired) electrons. The normalized spacial score (nSPS) is 22.1. The number of ether oxygens (including phenoxy) is 1. The van der Waals surface area contributed by atoms with Gasteiger partial charge in [0.15, 0.2) is 0 Å². The van der Waals surface area contributed by atoms with E-state index in [4.69, 9.17) is 25.6 Å². The minimum absolute atomic E-state index is 0.00216. The molecule has 2 aliphatic rings. The summed E-state index contributed by atoms with van der Waals surface area (Å²) in [5, 5.41) is 0. The molecule has 27 heavy (non-hydrogen) atoms. The Hall–Kier alpha value is -1.38. The molecule has 0 N–H and O–H groups in total. The molecule has 2 saturated heterocycles. The maximum absolute atomic E-state index is 11.6. The monoisotopic (exact) mass is 395 g/mol. The molecule has 2 fully saturated rings. The molecule has 9 heteroatoms. The lowest BCUT2D eigenvalue weighted by Gasteiger charge is -2.32. The SMILES string of the molecule is CC1(C)OB(c2cnc(OCC3CCN(C(=O)CCl)CC3)nc2)OC1(C)C. The maximum atomic E-state index is 11.6. The molecule has 0 aliphatic carbocycles. The molecule has 0 saturated carbocycles. The molecule has 148 valence electrons. The van der Waals surface area contributed by atoms with E-state index in [1.54, 1.807) is 17.3 Å². The van der Waals surface area contributed by atoms with Crippen LogP contribution in [0, 0.1) is 5.92 Å². The number of piperidine rings is 1. The predicted molar refractivity (Wildman–Crippen MR) is 103 cm³/mol. The van der Waals surface area contributed by atoms with E-state index in [2.05, 4.69) is 9.97 Å². The molecule has 0 aromatic carbocycles. The lowest BCUT2D eigenvalue weighted by Crippen LogP contribution is -2.41. The Morgan fingerprint density at radius 1 is 1.22 bits per heavy atom. The van der Waals surface area contributed by atoms with Crippen LogP contribution in [0.1, 0.15) is 40.5 Å². The standard InChI is InChI=1S/C18H27BClN3O4/c1-17(2)18(3,4)27-19(26-17)14-10-21-16(22-11-14)25-12-13-5-7-23(8-6-13)15(24)9-20/h10-11,13H,5-9,12H2,1-4H3. The molecule has 0 spiro atoms. The van der Waals surface area contributed by atoms with Crippen molar-refractivity contribution in [3.8, 4) is 6.01 Å². The van der Waals surface area contributed by atoms with Crippen LogP contribution in [0.15, 0.2) is 12.4 Å². The second-order valence-electron chi connectivity index (χ2n) is 8.16. The number of carbonyl (C=O) groups excluding carboxylic acids is 1. The first-order chi connectivity index (χ1) is 12.7. The summed E-state index contributed by atoms with van der Waals surface area (Å²) < 4.78 is 17.7. The number of amides is 1. The maximum Gasteiger partial charge on any atom is 0.498 e. The van der Waals surface area contributed by atoms with Crippen LogP contribution < -0.4 is 10.2 Å². The van der Waals surface area contributed by atoms with Gasteiger partial charge in [0.05, 0.1) is 17.8 Å². The van der Waals surface area contributed by atoms with Crippen LogP contribution in [0.5, 0.6) is 6.01 Å². The van der Waals surface area contributed by atoms with Crippen LogP contribution in [0.4, 0.5) is 0 Å². The van der Waals surface area contributed by atoms with Crippen LogP contribution >= 0.6 is 11.6 Å². The third-order valence-corrected chi connectivity index (χ3v) is 5.93. The number of halogens is 1. The van der Waals surface area contributed by atoms with Gasteiger partial charge < -0.3 is 18.9 Å². The van der Waals surface area contributed by atoms with E-state index < -0.39 is 18.3 Å². The van der Waals surface area contributed by atoms with E-state index in [9.17, 15) is 4.79 Å². The fourth-order valence-electron chi connectivity index (χ4n) is 3.13. The van der Waals surface area contributed by atoms with Crippen molar-refractivity contribution in [2.24, 2.45) is 5.92 Å². The van der Waals surface area contributed by atoms with Gasteiger partial charge >= 0.3 is 13.1 Å². The highest BCUT2D eigenvalue weighted by atomic mass is 35.5. The molecule has 7 nitrogen and oxygen atoms in total. The van der Waals surface area contributed by atoms with Gasteiger partial charge in [0.2, 0.25) is 5.91 Å². The molecule has 0 atom stereocenters. The second kappa shape index (κ2) is 7.93. The van der Waals surface area contributed by atoms with E-state index >= 15 is 0 Å². The van der Waals surface area contributed by atoms with Crippen molar-refractivity contribution in [1.29, 1.82) is 0 Å². The number of aromatic nitrogens is 2. The number of carbonyl (C=O) groups is 1. The van der Waals surface area contributed by atoms with Gasteiger partial charge in [-0.2, -0.15) is 0 Å². The van der Waals surface area contributed by atoms with Gasteiger partial charge in [-0.15, -0.1) is 11.6 Å². The van der Waals surface area contributed by atoms with Gasteiger partial charge in [-0.05, 0) is 46.5 Å². The van der Waals surface area contributed by atoms with Crippen molar-refractivity contribution in [2.45, 2.75) is 51.7 Å². The quantitative estimate of drug-likeness (QED) is 0.557. The fourth-order valence-corrected chi connectivity index (χ4v) is 3.30. The zero-order valence-electron chi connectivity index (χ0n) is 16.4. The number of hydrogen-bond acceptors (Lipinski definition) is 6. The van der Waals surface area contributed by atoms with Crippen molar-refractivity contribution in [2.75, 3.05) is 25.6 Å². The number of hydrogen-bond donors (Lipinski definition) is 0. The van der Waals surface area contributed by atoms with E-state index in [0.717, 1.165) is 31.4 Å². The summed E-state index contributed by atoms with van der Waals surface area (Å²) in [5.74, 6) is 0.429. The Morgan fingerprint density at radius 3 is 2.30 bits per heavy atom. The first-order valence-electron chi connectivity index (χ1n) is 9.36. The molecule has 1 amide bonds. The van der Waals surface area contributed by atoms with E-state index in [1.807, 2.05) is 27.7 Å². The lowest BCUT2D eigenvalue weighted by molar-refractivity contribution is -0.130. The molecule has 1 aromatic rings. The van der Waals surface area contributed by atoms with E-state index in [1.165, 1.54) is 0 Å². The van der Waals surface area contributed by atoms with Crippen molar-refractivity contribution < 1.29 is 18.8 Å². The Kier molecular flexibility index (Phi) is 5.98. The summed E-state index contributed by atoms with van der Waals surface area (Å²) >= 11 is 5.60. The third kappa shape index (κ3) is 4.55. The Balaban J connectivity index is 1.49. The second-order valence-corrected chi connectivity index (χ2v) is 8.42. The van der Waals surface area contributed by atoms with E-state index in [0.29, 0.717) is 18.5 Å². The summed E-state index contributed by atoms with van der Waals surface area (Å²) in [5.41, 5.74) is -0.0204. The average Bonchev–Trinajstić information content (AvgIpc) is 2.87. The van der Waals surface area contributed by atoms with Crippen molar-refractivity contribution in [1.82, 2.24) is 14.9 Å². The molecular formula is C18H27BClN3O4. The Morgan fingerprint density at radius 2 is 1.78 bits per heavy atom. The highest BCUT2D eigenvalue weighted by Crippen LogP contribution is 2.36. The highest BCUT2D eigenvalue weighted by molar-refractivity contribution is 6.61. The average molecular weight is 396 g/mol. The van der Waals surface area contributed by atoms with Crippen LogP contribution in [-0.2, 0) is 14.1 Å². The molecule has 0 unspecified atom stereocenters. The van der Waals surface area contributed by atoms with Gasteiger partial charge in [-0.1, -0.05) is 0 Å². The first-order valence-corrected chi connectivity index (χ1v) is 9.89. The summed E-state index contributed by atoms with van der Waals surface area (Å²) in [4.78, 5) is 22.0. The molecule has 2 aliphatic heterocycles. The zero-order valence-corrected chi connectivity index (χ0v) is 17.2. The first kappa shape index (κ1) is 20.4. The fraction of sp³-hybridized carbons (Fsp3) is 0.722. The molecule has 1 aromatic heterocycles. The number of rotatable bonds is 5. The minimum atomic E-state index is -0.479. The summed E-state index contributed by atoms with van der Waals surface area (Å²) in [7, 11) is -0.479. The van der Waals surface area contributed by atoms with Crippen LogP contribution in [0.3, 0.4) is 0 Å². The van der Waals surface area contributed by atoms with Gasteiger partial charge in [-0.3, -0.25) is 4.79 Å². The van der Waals surface area contributed by atoms with E-state index in [-0.39, 0.29) is 11.8 Å². The summed E-state index contributed by atoms with van der Waals surface area (Å²) in [6, 6.07) is 0.342. The Labute approximate surface area is 165 Å². The summed E-state index contributed by atoms with van der Waals surface area (Å²) in [6.07, 6.45) is 5.17. The highest BCUT2D eigenvalue weighted by Gasteiger charge is 2.51. The smallest absolute Gasteiger partial charge is 0.463 e. The largest absolute Gasteiger partial charge is 0.498 e. The zero-order chi connectivity index (χ0) is 19.7. The van der Waals surface area contributed by atoms with Crippen LogP contribution in [-0.4, -0.2) is 64.7 Å². The van der Waals surface area contributed by atoms with Gasteiger partial charge in [-0.25, -0.2) is 9.97 Å². The van der Waals surface area contributed by atoms with Crippen molar-refractivity contribution in [3.63, 3.8) is 0 Å². The molecule has 3 rings (SSSR count). The van der Waals surface area contributed by atoms with Crippen molar-refractivity contribution >= 4 is 30.1 Å². The van der Waals surface area contributed by atoms with Gasteiger partial charge in [0.1, 0.15) is 5.88 Å². The van der Waals surface area contributed by atoms with Gasteiger partial charge in [0.25, 0.3) is 0 Å². The van der Waals surface area contributed by atoms with Crippen molar-refractivity contribution in [3.05, 3.63) is 12.4 Å². The minimum Gasteiger partial charge on any atom is -0.463 e. The van der Waals surface area contributed by atoms with Gasteiger partial charge in [0, 0.05) is 30.9 Å². The molecular weight excluding hydrogens is 368 g/mol. The Bertz CT molecular complexity index is 647. The third-order valence-electron chi connectivity index (χ3n) is 5.70.